The smallest absolute Gasteiger partial charge is 0.0716 e. The molecule has 1 aliphatic carbocycles. The Bertz CT molecular complexity index is 407. The molecule has 0 aliphatic heterocycles. The van der Waals surface area contributed by atoms with E-state index >= 15 is 0 Å². The number of methoxy groups -OCH3 is 2. The molecular weight excluding hydrogens is 252 g/mol. The van der Waals surface area contributed by atoms with Gasteiger partial charge in [0, 0.05) is 39.4 Å². The molecule has 0 saturated heterocycles. The highest BCUT2D eigenvalue weighted by Crippen LogP contribution is 2.34. The van der Waals surface area contributed by atoms with Gasteiger partial charge in [0.25, 0.3) is 0 Å². The highest BCUT2D eigenvalue weighted by Gasteiger charge is 2.34. The maximum Gasteiger partial charge on any atom is 0.0716 e. The average molecular weight is 278 g/mol. The van der Waals surface area contributed by atoms with E-state index in [0.717, 1.165) is 13.2 Å². The molecule has 0 heterocycles. The highest BCUT2D eigenvalue weighted by molar-refractivity contribution is 5.30. The van der Waals surface area contributed by atoms with Crippen molar-refractivity contribution >= 4 is 0 Å². The third-order valence-electron chi connectivity index (χ3n) is 3.91. The largest absolute Gasteiger partial charge is 0.383 e. The number of benzene rings is 1. The van der Waals surface area contributed by atoms with Crippen molar-refractivity contribution in [1.29, 1.82) is 0 Å². The molecule has 1 fully saturated rings. The second-order valence-electron chi connectivity index (χ2n) is 5.35. The predicted octanol–water partition coefficient (Wildman–Crippen LogP) is 1.94. The molecule has 1 aliphatic rings. The fourth-order valence-electron chi connectivity index (χ4n) is 2.78. The summed E-state index contributed by atoms with van der Waals surface area (Å²) in [5, 5.41) is 0. The van der Waals surface area contributed by atoms with Gasteiger partial charge in [-0.15, -0.1) is 0 Å². The number of hydrogen-bond donors (Lipinski definition) is 1. The Kier molecular flexibility index (Phi) is 5.98. The van der Waals surface area contributed by atoms with Crippen LogP contribution in [0.4, 0.5) is 0 Å². The minimum absolute atomic E-state index is 0.254. The van der Waals surface area contributed by atoms with Gasteiger partial charge in [0.2, 0.25) is 0 Å². The van der Waals surface area contributed by atoms with E-state index in [9.17, 15) is 0 Å². The molecule has 1 aromatic rings. The summed E-state index contributed by atoms with van der Waals surface area (Å²) in [4.78, 5) is 2.50. The summed E-state index contributed by atoms with van der Waals surface area (Å²) in [7, 11) is 3.49. The standard InChI is InChI=1S/C16H26N2O2/c1-19-10-9-18(14-7-8-14)16(11-17)15-6-4-3-5-13(15)12-20-2/h3-6,14,16H,7-12,17H2,1-2H3. The molecule has 0 bridgehead atoms. The van der Waals surface area contributed by atoms with Crippen LogP contribution in [-0.4, -0.2) is 44.9 Å². The van der Waals surface area contributed by atoms with E-state index in [1.54, 1.807) is 14.2 Å². The van der Waals surface area contributed by atoms with Crippen LogP contribution in [0.2, 0.25) is 0 Å². The van der Waals surface area contributed by atoms with Crippen molar-refractivity contribution < 1.29 is 9.47 Å². The van der Waals surface area contributed by atoms with E-state index in [-0.39, 0.29) is 6.04 Å². The van der Waals surface area contributed by atoms with Gasteiger partial charge in [-0.1, -0.05) is 24.3 Å². The first-order chi connectivity index (χ1) is 9.81. The predicted molar refractivity (Wildman–Crippen MR) is 80.6 cm³/mol. The Morgan fingerprint density at radius 2 is 2.00 bits per heavy atom. The van der Waals surface area contributed by atoms with Crippen LogP contribution in [0.15, 0.2) is 24.3 Å². The fourth-order valence-corrected chi connectivity index (χ4v) is 2.78. The fraction of sp³-hybridized carbons (Fsp3) is 0.625. The Labute approximate surface area is 121 Å². The molecule has 0 aromatic heterocycles. The van der Waals surface area contributed by atoms with Gasteiger partial charge in [-0.2, -0.15) is 0 Å². The molecule has 1 saturated carbocycles. The molecule has 112 valence electrons. The van der Waals surface area contributed by atoms with Crippen molar-refractivity contribution in [2.75, 3.05) is 33.9 Å². The average Bonchev–Trinajstić information content (AvgIpc) is 3.29. The third-order valence-corrected chi connectivity index (χ3v) is 3.91. The lowest BCUT2D eigenvalue weighted by atomic mass is 9.99. The van der Waals surface area contributed by atoms with E-state index < -0.39 is 0 Å². The van der Waals surface area contributed by atoms with Crippen LogP contribution in [0.3, 0.4) is 0 Å². The minimum atomic E-state index is 0.254. The first kappa shape index (κ1) is 15.4. The normalized spacial score (nSPS) is 16.6. The zero-order valence-electron chi connectivity index (χ0n) is 12.5. The van der Waals surface area contributed by atoms with Gasteiger partial charge in [-0.3, -0.25) is 4.90 Å². The zero-order valence-corrected chi connectivity index (χ0v) is 12.5. The second kappa shape index (κ2) is 7.74. The SMILES string of the molecule is COCCN(C1CC1)C(CN)c1ccccc1COC. The quantitative estimate of drug-likeness (QED) is 0.750. The molecule has 2 N–H and O–H groups in total. The van der Waals surface area contributed by atoms with Crippen LogP contribution in [0.5, 0.6) is 0 Å². The van der Waals surface area contributed by atoms with Crippen LogP contribution in [-0.2, 0) is 16.1 Å². The van der Waals surface area contributed by atoms with Gasteiger partial charge in [-0.25, -0.2) is 0 Å². The maximum atomic E-state index is 6.08. The lowest BCUT2D eigenvalue weighted by Gasteiger charge is -2.32. The molecule has 2 rings (SSSR count). The topological polar surface area (TPSA) is 47.7 Å². The summed E-state index contributed by atoms with van der Waals surface area (Å²) >= 11 is 0. The molecular formula is C16H26N2O2. The summed E-state index contributed by atoms with van der Waals surface area (Å²) in [5.74, 6) is 0. The summed E-state index contributed by atoms with van der Waals surface area (Å²) < 4.78 is 10.6. The molecule has 0 radical (unpaired) electrons. The van der Waals surface area contributed by atoms with E-state index in [4.69, 9.17) is 15.2 Å². The van der Waals surface area contributed by atoms with Gasteiger partial charge in [0.15, 0.2) is 0 Å². The van der Waals surface area contributed by atoms with Crippen molar-refractivity contribution in [3.05, 3.63) is 35.4 Å². The van der Waals surface area contributed by atoms with E-state index in [2.05, 4.69) is 29.2 Å². The second-order valence-corrected chi connectivity index (χ2v) is 5.35. The lowest BCUT2D eigenvalue weighted by molar-refractivity contribution is 0.114. The molecule has 4 heteroatoms. The summed E-state index contributed by atoms with van der Waals surface area (Å²) in [6, 6.07) is 9.36. The Morgan fingerprint density at radius 1 is 1.25 bits per heavy atom. The van der Waals surface area contributed by atoms with Crippen molar-refractivity contribution in [2.24, 2.45) is 5.73 Å². The molecule has 20 heavy (non-hydrogen) atoms. The monoisotopic (exact) mass is 278 g/mol. The minimum Gasteiger partial charge on any atom is -0.383 e. The van der Waals surface area contributed by atoms with Crippen molar-refractivity contribution in [3.63, 3.8) is 0 Å². The first-order valence-corrected chi connectivity index (χ1v) is 7.33. The molecule has 1 atom stereocenters. The van der Waals surface area contributed by atoms with Gasteiger partial charge >= 0.3 is 0 Å². The van der Waals surface area contributed by atoms with E-state index in [1.807, 2.05) is 0 Å². The maximum absolute atomic E-state index is 6.08. The number of ether oxygens (including phenoxy) is 2. The highest BCUT2D eigenvalue weighted by atomic mass is 16.5. The molecule has 1 aromatic carbocycles. The molecule has 0 spiro atoms. The van der Waals surface area contributed by atoms with Crippen LogP contribution in [0, 0.1) is 0 Å². The van der Waals surface area contributed by atoms with Crippen molar-refractivity contribution in [2.45, 2.75) is 31.5 Å². The van der Waals surface area contributed by atoms with E-state index in [1.165, 1.54) is 24.0 Å². The molecule has 4 nitrogen and oxygen atoms in total. The van der Waals surface area contributed by atoms with Gasteiger partial charge in [0.1, 0.15) is 0 Å². The third kappa shape index (κ3) is 3.79. The molecule has 0 amide bonds. The van der Waals surface area contributed by atoms with Crippen LogP contribution in [0.1, 0.15) is 30.0 Å². The van der Waals surface area contributed by atoms with Gasteiger partial charge in [-0.05, 0) is 24.0 Å². The Hall–Kier alpha value is -0.940. The van der Waals surface area contributed by atoms with Crippen LogP contribution < -0.4 is 5.73 Å². The number of nitrogens with zero attached hydrogens (tertiary/aromatic N) is 1. The first-order valence-electron chi connectivity index (χ1n) is 7.33. The summed E-state index contributed by atoms with van der Waals surface area (Å²) in [6.45, 7) is 2.94. The van der Waals surface area contributed by atoms with Crippen molar-refractivity contribution in [3.8, 4) is 0 Å². The number of nitrogens with two attached hydrogens (primary N) is 1. The van der Waals surface area contributed by atoms with Crippen LogP contribution >= 0.6 is 0 Å². The van der Waals surface area contributed by atoms with Gasteiger partial charge < -0.3 is 15.2 Å². The molecule has 1 unspecified atom stereocenters. The van der Waals surface area contributed by atoms with Crippen LogP contribution in [0.25, 0.3) is 0 Å². The van der Waals surface area contributed by atoms with Crippen molar-refractivity contribution in [1.82, 2.24) is 4.90 Å². The van der Waals surface area contributed by atoms with Gasteiger partial charge in [0.05, 0.1) is 13.2 Å². The van der Waals surface area contributed by atoms with E-state index in [0.29, 0.717) is 19.2 Å². The summed E-state index contributed by atoms with van der Waals surface area (Å²) in [6.07, 6.45) is 2.54. The number of rotatable bonds is 9. The summed E-state index contributed by atoms with van der Waals surface area (Å²) in [5.41, 5.74) is 8.61. The number of hydrogen-bond acceptors (Lipinski definition) is 4. The Morgan fingerprint density at radius 3 is 2.60 bits per heavy atom. The zero-order chi connectivity index (χ0) is 14.4. The Balaban J connectivity index is 2.20. The lowest BCUT2D eigenvalue weighted by Crippen LogP contribution is -2.38.